The van der Waals surface area contributed by atoms with Gasteiger partial charge >= 0.3 is 0 Å². The molecule has 16 heavy (non-hydrogen) atoms. The minimum Gasteiger partial charge on any atom is -0.479 e. The lowest BCUT2D eigenvalue weighted by atomic mass is 10.1. The van der Waals surface area contributed by atoms with Crippen LogP contribution in [0.1, 0.15) is 18.5 Å². The van der Waals surface area contributed by atoms with Crippen LogP contribution in [0.15, 0.2) is 6.07 Å². The van der Waals surface area contributed by atoms with Crippen LogP contribution in [-0.4, -0.2) is 41.8 Å². The van der Waals surface area contributed by atoms with Crippen LogP contribution < -0.4 is 4.74 Å². The van der Waals surface area contributed by atoms with E-state index >= 15 is 0 Å². The van der Waals surface area contributed by atoms with Crippen LogP contribution in [0, 0.1) is 0 Å². The fourth-order valence-electron chi connectivity index (χ4n) is 2.11. The first kappa shape index (κ1) is 11.6. The third-order valence-electron chi connectivity index (χ3n) is 3.08. The lowest BCUT2D eigenvalue weighted by molar-refractivity contribution is 0.306. The third kappa shape index (κ3) is 2.44. The van der Waals surface area contributed by atoms with E-state index in [1.54, 1.807) is 7.11 Å². The van der Waals surface area contributed by atoms with E-state index in [-0.39, 0.29) is 0 Å². The molecule has 1 saturated heterocycles. The number of rotatable bonds is 3. The second-order valence-corrected chi connectivity index (χ2v) is 4.58. The van der Waals surface area contributed by atoms with E-state index in [9.17, 15) is 0 Å². The number of likely N-dealkylation sites (N-methyl/N-ethyl adjacent to an activating group) is 1. The number of halogens is 1. The zero-order chi connectivity index (χ0) is 11.5. The largest absolute Gasteiger partial charge is 0.479 e. The first-order valence-corrected chi connectivity index (χ1v) is 5.85. The van der Waals surface area contributed by atoms with Crippen molar-refractivity contribution in [1.82, 2.24) is 15.1 Å². The molecule has 1 aromatic heterocycles. The van der Waals surface area contributed by atoms with Crippen molar-refractivity contribution in [3.63, 3.8) is 0 Å². The van der Waals surface area contributed by atoms with Crippen LogP contribution >= 0.6 is 11.6 Å². The van der Waals surface area contributed by atoms with Crippen molar-refractivity contribution in [2.24, 2.45) is 0 Å². The molecular weight excluding hydrogens is 226 g/mol. The Morgan fingerprint density at radius 1 is 1.56 bits per heavy atom. The van der Waals surface area contributed by atoms with Gasteiger partial charge in [-0.25, -0.2) is 0 Å². The predicted molar refractivity (Wildman–Crippen MR) is 63.0 cm³/mol. The maximum atomic E-state index is 6.01. The number of aromatic nitrogens is 2. The van der Waals surface area contributed by atoms with Crippen molar-refractivity contribution in [3.05, 3.63) is 16.8 Å². The Morgan fingerprint density at radius 3 is 2.94 bits per heavy atom. The number of likely N-dealkylation sites (tertiary alicyclic amines) is 1. The lowest BCUT2D eigenvalue weighted by Gasteiger charge is -2.18. The summed E-state index contributed by atoms with van der Waals surface area (Å²) >= 11 is 6.01. The van der Waals surface area contributed by atoms with E-state index in [2.05, 4.69) is 22.1 Å². The molecule has 5 heteroatoms. The molecule has 0 aromatic carbocycles. The van der Waals surface area contributed by atoms with E-state index in [1.165, 1.54) is 19.4 Å². The fourth-order valence-corrected chi connectivity index (χ4v) is 2.35. The van der Waals surface area contributed by atoms with Gasteiger partial charge in [-0.2, -0.15) is 5.10 Å². The van der Waals surface area contributed by atoms with E-state index in [0.717, 1.165) is 12.1 Å². The summed E-state index contributed by atoms with van der Waals surface area (Å²) in [5, 5.41) is 8.60. The fraction of sp³-hybridized carbons (Fsp3) is 0.636. The highest BCUT2D eigenvalue weighted by Gasteiger charge is 2.22. The van der Waals surface area contributed by atoms with Gasteiger partial charge in [0.05, 0.1) is 12.8 Å². The molecule has 0 radical (unpaired) electrons. The molecule has 0 amide bonds. The predicted octanol–water partition coefficient (Wildman–Crippen LogP) is 1.78. The Morgan fingerprint density at radius 2 is 2.38 bits per heavy atom. The van der Waals surface area contributed by atoms with Gasteiger partial charge in [-0.1, -0.05) is 11.6 Å². The molecule has 1 atom stereocenters. The van der Waals surface area contributed by atoms with Crippen LogP contribution in [0.2, 0.25) is 5.02 Å². The Kier molecular flexibility index (Phi) is 3.61. The molecule has 1 fully saturated rings. The standard InChI is InChI=1S/C11H16ClN3O/c1-15-5-3-4-9(15)6-8-7-10(12)11(16-2)14-13-8/h7,9H,3-6H2,1-2H3. The highest BCUT2D eigenvalue weighted by atomic mass is 35.5. The summed E-state index contributed by atoms with van der Waals surface area (Å²) in [6, 6.07) is 2.42. The summed E-state index contributed by atoms with van der Waals surface area (Å²) in [7, 11) is 3.69. The van der Waals surface area contributed by atoms with Crippen LogP contribution in [0.4, 0.5) is 0 Å². The van der Waals surface area contributed by atoms with Crippen LogP contribution in [-0.2, 0) is 6.42 Å². The molecule has 0 spiro atoms. The molecule has 0 N–H and O–H groups in total. The number of hydrogen-bond acceptors (Lipinski definition) is 4. The minimum atomic E-state index is 0.394. The SMILES string of the molecule is COc1nnc(CC2CCCN2C)cc1Cl. The number of methoxy groups -OCH3 is 1. The molecule has 1 aromatic rings. The van der Waals surface area contributed by atoms with E-state index in [1.807, 2.05) is 6.07 Å². The van der Waals surface area contributed by atoms with Gasteiger partial charge in [-0.15, -0.1) is 5.10 Å². The van der Waals surface area contributed by atoms with Crippen molar-refractivity contribution < 1.29 is 4.74 Å². The van der Waals surface area contributed by atoms with E-state index in [4.69, 9.17) is 16.3 Å². The average molecular weight is 242 g/mol. The summed E-state index contributed by atoms with van der Waals surface area (Å²) in [5.74, 6) is 0.394. The van der Waals surface area contributed by atoms with Crippen LogP contribution in [0.5, 0.6) is 5.88 Å². The zero-order valence-corrected chi connectivity index (χ0v) is 10.4. The van der Waals surface area contributed by atoms with Crippen molar-refractivity contribution in [2.45, 2.75) is 25.3 Å². The maximum absolute atomic E-state index is 6.01. The molecule has 4 nitrogen and oxygen atoms in total. The van der Waals surface area contributed by atoms with Gasteiger partial charge in [0.1, 0.15) is 5.02 Å². The first-order chi connectivity index (χ1) is 7.70. The quantitative estimate of drug-likeness (QED) is 0.809. The van der Waals surface area contributed by atoms with Crippen LogP contribution in [0.25, 0.3) is 0 Å². The smallest absolute Gasteiger partial charge is 0.252 e. The molecule has 1 aliphatic heterocycles. The molecule has 0 aliphatic carbocycles. The molecule has 2 rings (SSSR count). The van der Waals surface area contributed by atoms with Gasteiger partial charge in [0.2, 0.25) is 0 Å². The second-order valence-electron chi connectivity index (χ2n) is 4.17. The van der Waals surface area contributed by atoms with Gasteiger partial charge in [0.15, 0.2) is 0 Å². The normalized spacial score (nSPS) is 21.3. The molecule has 0 bridgehead atoms. The Labute approximate surface area is 101 Å². The van der Waals surface area contributed by atoms with Gasteiger partial charge in [0, 0.05) is 12.5 Å². The van der Waals surface area contributed by atoms with Gasteiger partial charge in [0.25, 0.3) is 5.88 Å². The van der Waals surface area contributed by atoms with Crippen molar-refractivity contribution >= 4 is 11.6 Å². The van der Waals surface area contributed by atoms with Crippen molar-refractivity contribution in [1.29, 1.82) is 0 Å². The third-order valence-corrected chi connectivity index (χ3v) is 3.35. The van der Waals surface area contributed by atoms with Crippen LogP contribution in [0.3, 0.4) is 0 Å². The minimum absolute atomic E-state index is 0.394. The molecule has 1 aliphatic rings. The van der Waals surface area contributed by atoms with Gasteiger partial charge in [-0.3, -0.25) is 0 Å². The molecular formula is C11H16ClN3O. The van der Waals surface area contributed by atoms with Gasteiger partial charge in [-0.05, 0) is 32.5 Å². The average Bonchev–Trinajstić information content (AvgIpc) is 2.65. The summed E-state index contributed by atoms with van der Waals surface area (Å²) < 4.78 is 4.98. The summed E-state index contributed by atoms with van der Waals surface area (Å²) in [5.41, 5.74) is 0.935. The van der Waals surface area contributed by atoms with Gasteiger partial charge < -0.3 is 9.64 Å². The Hall–Kier alpha value is -0.870. The van der Waals surface area contributed by atoms with Crippen molar-refractivity contribution in [3.8, 4) is 5.88 Å². The first-order valence-electron chi connectivity index (χ1n) is 5.47. The summed E-state index contributed by atoms with van der Waals surface area (Å²) in [6.07, 6.45) is 3.40. The summed E-state index contributed by atoms with van der Waals surface area (Å²) in [4.78, 5) is 2.36. The Balaban J connectivity index is 2.07. The maximum Gasteiger partial charge on any atom is 0.252 e. The second kappa shape index (κ2) is 4.97. The molecule has 88 valence electrons. The number of hydrogen-bond donors (Lipinski definition) is 0. The highest BCUT2D eigenvalue weighted by molar-refractivity contribution is 6.31. The topological polar surface area (TPSA) is 38.3 Å². The van der Waals surface area contributed by atoms with E-state index in [0.29, 0.717) is 16.9 Å². The molecule has 2 heterocycles. The number of nitrogens with zero attached hydrogens (tertiary/aromatic N) is 3. The van der Waals surface area contributed by atoms with Crippen molar-refractivity contribution in [2.75, 3.05) is 20.7 Å². The number of ether oxygens (including phenoxy) is 1. The monoisotopic (exact) mass is 241 g/mol. The molecule has 1 unspecified atom stereocenters. The lowest BCUT2D eigenvalue weighted by Crippen LogP contribution is -2.27. The highest BCUT2D eigenvalue weighted by Crippen LogP contribution is 2.23. The molecule has 0 saturated carbocycles. The summed E-state index contributed by atoms with van der Waals surface area (Å²) in [6.45, 7) is 1.17. The van der Waals surface area contributed by atoms with E-state index < -0.39 is 0 Å². The zero-order valence-electron chi connectivity index (χ0n) is 9.61. The Bertz CT molecular complexity index is 372.